The molecular weight excluding hydrogens is 351 g/mol. The second kappa shape index (κ2) is 7.57. The zero-order valence-corrected chi connectivity index (χ0v) is 14.7. The zero-order chi connectivity index (χ0) is 19.6. The van der Waals surface area contributed by atoms with E-state index in [1.165, 1.54) is 24.3 Å². The predicted octanol–water partition coefficient (Wildman–Crippen LogP) is 2.98. The highest BCUT2D eigenvalue weighted by Crippen LogP contribution is 2.33. The second-order valence-electron chi connectivity index (χ2n) is 6.59. The van der Waals surface area contributed by atoms with Gasteiger partial charge in [0.2, 0.25) is 0 Å². The minimum absolute atomic E-state index is 0.0443. The lowest BCUT2D eigenvalue weighted by molar-refractivity contribution is -0.139. The molecule has 3 N–H and O–H groups in total. The van der Waals surface area contributed by atoms with Crippen LogP contribution in [0.2, 0.25) is 0 Å². The molecule has 140 valence electrons. The van der Waals surface area contributed by atoms with Crippen molar-refractivity contribution >= 4 is 23.5 Å². The lowest BCUT2D eigenvalue weighted by Crippen LogP contribution is -2.42. The molecule has 1 saturated carbocycles. The lowest BCUT2D eigenvalue weighted by Gasteiger charge is -2.15. The molecule has 2 aromatic rings. The Bertz CT molecular complexity index is 909. The minimum atomic E-state index is -1.06. The number of rotatable bonds is 6. The third kappa shape index (κ3) is 4.31. The highest BCUT2D eigenvalue weighted by atomic mass is 19.1. The van der Waals surface area contributed by atoms with Gasteiger partial charge >= 0.3 is 5.97 Å². The van der Waals surface area contributed by atoms with Gasteiger partial charge in [0.25, 0.3) is 11.8 Å². The predicted molar refractivity (Wildman–Crippen MR) is 97.1 cm³/mol. The first-order valence-corrected chi connectivity index (χ1v) is 8.57. The van der Waals surface area contributed by atoms with Crippen LogP contribution in [0.3, 0.4) is 0 Å². The number of nitrogens with one attached hydrogen (secondary N) is 2. The van der Waals surface area contributed by atoms with Crippen molar-refractivity contribution in [3.63, 3.8) is 0 Å². The Hall–Kier alpha value is -3.22. The van der Waals surface area contributed by atoms with Crippen molar-refractivity contribution in [2.45, 2.75) is 25.8 Å². The third-order valence-electron chi connectivity index (χ3n) is 4.51. The summed E-state index contributed by atoms with van der Waals surface area (Å²) in [5.74, 6) is -2.91. The van der Waals surface area contributed by atoms with E-state index in [4.69, 9.17) is 0 Å². The van der Waals surface area contributed by atoms with E-state index in [0.717, 1.165) is 12.8 Å². The molecular formula is C20H19FN2O4. The number of benzene rings is 2. The maximum absolute atomic E-state index is 13.8. The van der Waals surface area contributed by atoms with Crippen LogP contribution in [0, 0.1) is 18.7 Å². The monoisotopic (exact) mass is 370 g/mol. The summed E-state index contributed by atoms with van der Waals surface area (Å²) in [5, 5.41) is 14.4. The molecule has 1 aliphatic rings. The molecule has 6 nitrogen and oxygen atoms in total. The number of carboxylic acids is 1. The van der Waals surface area contributed by atoms with E-state index in [0.29, 0.717) is 11.3 Å². The summed E-state index contributed by atoms with van der Waals surface area (Å²) in [4.78, 5) is 36.0. The Morgan fingerprint density at radius 3 is 2.44 bits per heavy atom. The standard InChI is InChI=1S/C20H19FN2O4/c1-11-6-7-13(18(24)23-17(20(26)27)12-8-9-12)10-16(11)22-19(25)14-4-2-3-5-15(14)21/h2-7,10,12,17H,8-9H2,1H3,(H,22,25)(H,23,24)(H,26,27). The van der Waals surface area contributed by atoms with Crippen molar-refractivity contribution in [2.75, 3.05) is 5.32 Å². The molecule has 1 fully saturated rings. The van der Waals surface area contributed by atoms with Crippen LogP contribution in [0.4, 0.5) is 10.1 Å². The highest BCUT2D eigenvalue weighted by Gasteiger charge is 2.37. The van der Waals surface area contributed by atoms with Crippen LogP contribution in [-0.2, 0) is 4.79 Å². The lowest BCUT2D eigenvalue weighted by atomic mass is 10.1. The van der Waals surface area contributed by atoms with Gasteiger partial charge in [-0.25, -0.2) is 9.18 Å². The normalized spacial score (nSPS) is 14.3. The van der Waals surface area contributed by atoms with Crippen molar-refractivity contribution in [1.82, 2.24) is 5.32 Å². The number of hydrogen-bond acceptors (Lipinski definition) is 3. The van der Waals surface area contributed by atoms with E-state index in [1.807, 2.05) is 0 Å². The summed E-state index contributed by atoms with van der Waals surface area (Å²) in [6.07, 6.45) is 1.55. The van der Waals surface area contributed by atoms with Gasteiger partial charge in [0, 0.05) is 11.3 Å². The van der Waals surface area contributed by atoms with Gasteiger partial charge in [0.1, 0.15) is 11.9 Å². The van der Waals surface area contributed by atoms with E-state index in [-0.39, 0.29) is 17.0 Å². The average Bonchev–Trinajstić information content (AvgIpc) is 3.46. The number of carbonyl (C=O) groups excluding carboxylic acids is 2. The summed E-state index contributed by atoms with van der Waals surface area (Å²) in [7, 11) is 0. The number of amides is 2. The number of hydrogen-bond donors (Lipinski definition) is 3. The van der Waals surface area contributed by atoms with Gasteiger partial charge < -0.3 is 15.7 Å². The molecule has 0 aromatic heterocycles. The number of anilines is 1. The van der Waals surface area contributed by atoms with Gasteiger partial charge in [0.05, 0.1) is 5.56 Å². The molecule has 27 heavy (non-hydrogen) atoms. The van der Waals surface area contributed by atoms with Crippen LogP contribution in [0.25, 0.3) is 0 Å². The van der Waals surface area contributed by atoms with Crippen molar-refractivity contribution in [2.24, 2.45) is 5.92 Å². The molecule has 2 amide bonds. The van der Waals surface area contributed by atoms with E-state index in [9.17, 15) is 23.9 Å². The number of carbonyl (C=O) groups is 3. The molecule has 0 spiro atoms. The van der Waals surface area contributed by atoms with Gasteiger partial charge in [-0.2, -0.15) is 0 Å². The number of halogens is 1. The van der Waals surface area contributed by atoms with Crippen LogP contribution >= 0.6 is 0 Å². The van der Waals surface area contributed by atoms with E-state index >= 15 is 0 Å². The summed E-state index contributed by atoms with van der Waals surface area (Å²) in [6.45, 7) is 1.74. The van der Waals surface area contributed by atoms with E-state index < -0.39 is 29.6 Å². The first-order chi connectivity index (χ1) is 12.9. The SMILES string of the molecule is Cc1ccc(C(=O)NC(C(=O)O)C2CC2)cc1NC(=O)c1ccccc1F. The Balaban J connectivity index is 1.77. The summed E-state index contributed by atoms with van der Waals surface area (Å²) in [6, 6.07) is 9.32. The number of aliphatic carboxylic acids is 1. The molecule has 0 radical (unpaired) electrons. The summed E-state index contributed by atoms with van der Waals surface area (Å²) >= 11 is 0. The third-order valence-corrected chi connectivity index (χ3v) is 4.51. The summed E-state index contributed by atoms with van der Waals surface area (Å²) < 4.78 is 13.8. The van der Waals surface area contributed by atoms with Crippen LogP contribution in [0.1, 0.15) is 39.1 Å². The Kier molecular flexibility index (Phi) is 5.21. The van der Waals surface area contributed by atoms with Crippen molar-refractivity contribution < 1.29 is 23.9 Å². The largest absolute Gasteiger partial charge is 0.480 e. The maximum Gasteiger partial charge on any atom is 0.326 e. The average molecular weight is 370 g/mol. The van der Waals surface area contributed by atoms with Crippen molar-refractivity contribution in [1.29, 1.82) is 0 Å². The topological polar surface area (TPSA) is 95.5 Å². The van der Waals surface area contributed by atoms with Crippen LogP contribution < -0.4 is 10.6 Å². The molecule has 3 rings (SSSR count). The first-order valence-electron chi connectivity index (χ1n) is 8.57. The molecule has 1 unspecified atom stereocenters. The molecule has 2 aromatic carbocycles. The smallest absolute Gasteiger partial charge is 0.326 e. The summed E-state index contributed by atoms with van der Waals surface area (Å²) in [5.41, 5.74) is 1.16. The van der Waals surface area contributed by atoms with Gasteiger partial charge in [-0.1, -0.05) is 18.2 Å². The van der Waals surface area contributed by atoms with Gasteiger partial charge in [-0.15, -0.1) is 0 Å². The van der Waals surface area contributed by atoms with Crippen LogP contribution in [-0.4, -0.2) is 28.9 Å². The van der Waals surface area contributed by atoms with Crippen LogP contribution in [0.15, 0.2) is 42.5 Å². The fourth-order valence-electron chi connectivity index (χ4n) is 2.77. The highest BCUT2D eigenvalue weighted by molar-refractivity contribution is 6.06. The second-order valence-corrected chi connectivity index (χ2v) is 6.59. The Morgan fingerprint density at radius 1 is 1.11 bits per heavy atom. The quantitative estimate of drug-likeness (QED) is 0.728. The fourth-order valence-corrected chi connectivity index (χ4v) is 2.77. The molecule has 0 saturated heterocycles. The van der Waals surface area contributed by atoms with E-state index in [2.05, 4.69) is 10.6 Å². The first kappa shape index (κ1) is 18.6. The van der Waals surface area contributed by atoms with Crippen molar-refractivity contribution in [3.05, 3.63) is 65.0 Å². The molecule has 0 heterocycles. The van der Waals surface area contributed by atoms with Crippen LogP contribution in [0.5, 0.6) is 0 Å². The number of aryl methyl sites for hydroxylation is 1. The Labute approximate surface area is 155 Å². The van der Waals surface area contributed by atoms with Gasteiger partial charge in [0.15, 0.2) is 0 Å². The molecule has 1 aliphatic carbocycles. The molecule has 0 aliphatic heterocycles. The zero-order valence-electron chi connectivity index (χ0n) is 14.7. The molecule has 7 heteroatoms. The van der Waals surface area contributed by atoms with Gasteiger partial charge in [-0.05, 0) is 55.5 Å². The van der Waals surface area contributed by atoms with Gasteiger partial charge in [-0.3, -0.25) is 9.59 Å². The minimum Gasteiger partial charge on any atom is -0.480 e. The van der Waals surface area contributed by atoms with E-state index in [1.54, 1.807) is 25.1 Å². The number of carboxylic acid groups (broad SMARTS) is 1. The molecule has 0 bridgehead atoms. The Morgan fingerprint density at radius 2 is 1.81 bits per heavy atom. The maximum atomic E-state index is 13.8. The molecule has 1 atom stereocenters. The van der Waals surface area contributed by atoms with Crippen molar-refractivity contribution in [3.8, 4) is 0 Å². The fraction of sp³-hybridized carbons (Fsp3) is 0.250.